The van der Waals surface area contributed by atoms with Crippen LogP contribution < -0.4 is 5.32 Å². The molecule has 2 atom stereocenters. The summed E-state index contributed by atoms with van der Waals surface area (Å²) in [5.41, 5.74) is 2.81. The van der Waals surface area contributed by atoms with Gasteiger partial charge in [0.25, 0.3) is 0 Å². The highest BCUT2D eigenvalue weighted by Gasteiger charge is 2.14. The molecule has 0 radical (unpaired) electrons. The minimum absolute atomic E-state index is 0.387. The van der Waals surface area contributed by atoms with Gasteiger partial charge in [0.2, 0.25) is 0 Å². The number of thiophene rings is 1. The molecule has 108 valence electrons. The Balaban J connectivity index is 2.01. The molecule has 2 heteroatoms. The summed E-state index contributed by atoms with van der Waals surface area (Å²) in [6.07, 6.45) is 3.51. The van der Waals surface area contributed by atoms with E-state index in [9.17, 15) is 0 Å². The predicted octanol–water partition coefficient (Wildman–Crippen LogP) is 5.50. The van der Waals surface area contributed by atoms with Gasteiger partial charge in [-0.2, -0.15) is 0 Å². The summed E-state index contributed by atoms with van der Waals surface area (Å²) >= 11 is 1.84. The van der Waals surface area contributed by atoms with E-state index in [2.05, 4.69) is 67.9 Å². The monoisotopic (exact) mass is 287 g/mol. The highest BCUT2D eigenvalue weighted by molar-refractivity contribution is 7.10. The maximum absolute atomic E-state index is 3.75. The highest BCUT2D eigenvalue weighted by Crippen LogP contribution is 2.25. The van der Waals surface area contributed by atoms with E-state index >= 15 is 0 Å². The summed E-state index contributed by atoms with van der Waals surface area (Å²) in [7, 11) is 0. The fourth-order valence-corrected chi connectivity index (χ4v) is 3.42. The van der Waals surface area contributed by atoms with Gasteiger partial charge in [-0.1, -0.05) is 50.6 Å². The smallest absolute Gasteiger partial charge is 0.0416 e. The van der Waals surface area contributed by atoms with Crippen LogP contribution >= 0.6 is 11.3 Å². The SMILES string of the molecule is CCCc1ccc(C(C)NC(CC)c2cccs2)cc1. The second-order valence-corrected chi connectivity index (χ2v) is 6.34. The zero-order valence-corrected chi connectivity index (χ0v) is 13.5. The Morgan fingerprint density at radius 1 is 1.10 bits per heavy atom. The molecule has 0 saturated heterocycles. The molecule has 2 rings (SSSR count). The van der Waals surface area contributed by atoms with Gasteiger partial charge < -0.3 is 5.32 Å². The fourth-order valence-electron chi connectivity index (χ4n) is 2.55. The Kier molecular flexibility index (Phi) is 5.81. The average Bonchev–Trinajstić information content (AvgIpc) is 2.99. The van der Waals surface area contributed by atoms with Crippen LogP contribution in [0.2, 0.25) is 0 Å². The second kappa shape index (κ2) is 7.61. The van der Waals surface area contributed by atoms with Crippen LogP contribution in [0, 0.1) is 0 Å². The van der Waals surface area contributed by atoms with Crippen molar-refractivity contribution in [2.45, 2.75) is 52.1 Å². The van der Waals surface area contributed by atoms with Crippen LogP contribution in [0.5, 0.6) is 0 Å². The average molecular weight is 287 g/mol. The number of rotatable bonds is 7. The van der Waals surface area contributed by atoms with Crippen molar-refractivity contribution >= 4 is 11.3 Å². The van der Waals surface area contributed by atoms with Gasteiger partial charge in [0.1, 0.15) is 0 Å². The van der Waals surface area contributed by atoms with E-state index in [4.69, 9.17) is 0 Å². The van der Waals surface area contributed by atoms with E-state index in [0.717, 1.165) is 6.42 Å². The molecule has 1 nitrogen and oxygen atoms in total. The molecule has 20 heavy (non-hydrogen) atoms. The molecule has 0 amide bonds. The molecule has 1 heterocycles. The number of hydrogen-bond acceptors (Lipinski definition) is 2. The van der Waals surface area contributed by atoms with Crippen molar-refractivity contribution in [1.29, 1.82) is 0 Å². The summed E-state index contributed by atoms with van der Waals surface area (Å²) < 4.78 is 0. The minimum atomic E-state index is 0.387. The zero-order valence-electron chi connectivity index (χ0n) is 12.7. The Morgan fingerprint density at radius 3 is 2.40 bits per heavy atom. The van der Waals surface area contributed by atoms with Crippen LogP contribution in [-0.2, 0) is 6.42 Å². The molecule has 0 bridgehead atoms. The van der Waals surface area contributed by atoms with Crippen molar-refractivity contribution in [2.24, 2.45) is 0 Å². The summed E-state index contributed by atoms with van der Waals surface area (Å²) in [5, 5.41) is 5.90. The molecule has 0 fully saturated rings. The van der Waals surface area contributed by atoms with Crippen LogP contribution in [0.15, 0.2) is 41.8 Å². The van der Waals surface area contributed by atoms with Crippen LogP contribution in [0.4, 0.5) is 0 Å². The molecule has 0 saturated carbocycles. The van der Waals surface area contributed by atoms with Gasteiger partial charge in [0.15, 0.2) is 0 Å². The first-order valence-corrected chi connectivity index (χ1v) is 8.50. The molecule has 0 aliphatic rings. The molecule has 0 aliphatic heterocycles. The number of aryl methyl sites for hydroxylation is 1. The van der Waals surface area contributed by atoms with Gasteiger partial charge in [-0.15, -0.1) is 11.3 Å². The highest BCUT2D eigenvalue weighted by atomic mass is 32.1. The molecular weight excluding hydrogens is 262 g/mol. The zero-order chi connectivity index (χ0) is 14.4. The minimum Gasteiger partial charge on any atom is -0.303 e. The van der Waals surface area contributed by atoms with E-state index in [1.807, 2.05) is 11.3 Å². The van der Waals surface area contributed by atoms with Gasteiger partial charge in [0.05, 0.1) is 0 Å². The van der Waals surface area contributed by atoms with Crippen molar-refractivity contribution in [3.63, 3.8) is 0 Å². The van der Waals surface area contributed by atoms with Crippen molar-refractivity contribution in [2.75, 3.05) is 0 Å². The topological polar surface area (TPSA) is 12.0 Å². The lowest BCUT2D eigenvalue weighted by Gasteiger charge is -2.22. The van der Waals surface area contributed by atoms with Crippen LogP contribution in [0.25, 0.3) is 0 Å². The van der Waals surface area contributed by atoms with Gasteiger partial charge in [0, 0.05) is 17.0 Å². The van der Waals surface area contributed by atoms with Gasteiger partial charge in [-0.05, 0) is 42.3 Å². The lowest BCUT2D eigenvalue weighted by molar-refractivity contribution is 0.462. The van der Waals surface area contributed by atoms with Crippen LogP contribution in [0.1, 0.15) is 61.7 Å². The van der Waals surface area contributed by atoms with Gasteiger partial charge in [-0.3, -0.25) is 0 Å². The molecular formula is C18H25NS. The Bertz CT molecular complexity index is 487. The lowest BCUT2D eigenvalue weighted by atomic mass is 10.0. The molecule has 2 aromatic rings. The van der Waals surface area contributed by atoms with E-state index in [-0.39, 0.29) is 0 Å². The standard InChI is InChI=1S/C18H25NS/c1-4-7-15-9-11-16(12-10-15)14(3)19-17(5-2)18-8-6-13-20-18/h6,8-14,17,19H,4-5,7H2,1-3H3. The second-order valence-electron chi connectivity index (χ2n) is 5.36. The van der Waals surface area contributed by atoms with Crippen molar-refractivity contribution < 1.29 is 0 Å². The molecule has 1 aromatic heterocycles. The third kappa shape index (κ3) is 3.94. The summed E-state index contributed by atoms with van der Waals surface area (Å²) in [6.45, 7) is 6.73. The fraction of sp³-hybridized carbons (Fsp3) is 0.444. The Hall–Kier alpha value is -1.12. The first kappa shape index (κ1) is 15.3. The van der Waals surface area contributed by atoms with E-state index < -0.39 is 0 Å². The van der Waals surface area contributed by atoms with Crippen LogP contribution in [0.3, 0.4) is 0 Å². The summed E-state index contributed by atoms with van der Waals surface area (Å²) in [5.74, 6) is 0. The van der Waals surface area contributed by atoms with E-state index in [1.165, 1.54) is 28.8 Å². The molecule has 0 spiro atoms. The van der Waals surface area contributed by atoms with Crippen molar-refractivity contribution in [3.05, 3.63) is 57.8 Å². The number of nitrogens with one attached hydrogen (secondary N) is 1. The van der Waals surface area contributed by atoms with Crippen molar-refractivity contribution in [3.8, 4) is 0 Å². The largest absolute Gasteiger partial charge is 0.303 e. The third-order valence-corrected chi connectivity index (χ3v) is 4.75. The number of benzene rings is 1. The van der Waals surface area contributed by atoms with Crippen molar-refractivity contribution in [1.82, 2.24) is 5.32 Å². The molecule has 1 N–H and O–H groups in total. The maximum atomic E-state index is 3.75. The van der Waals surface area contributed by atoms with Crippen LogP contribution in [-0.4, -0.2) is 0 Å². The Labute approximate surface area is 127 Å². The first-order valence-electron chi connectivity index (χ1n) is 7.62. The summed E-state index contributed by atoms with van der Waals surface area (Å²) in [6, 6.07) is 14.3. The number of hydrogen-bond donors (Lipinski definition) is 1. The predicted molar refractivity (Wildman–Crippen MR) is 89.3 cm³/mol. The van der Waals surface area contributed by atoms with Gasteiger partial charge >= 0.3 is 0 Å². The quantitative estimate of drug-likeness (QED) is 0.708. The normalized spacial score (nSPS) is 14.2. The molecule has 0 aliphatic carbocycles. The molecule has 2 unspecified atom stereocenters. The Morgan fingerprint density at radius 2 is 1.85 bits per heavy atom. The van der Waals surface area contributed by atoms with E-state index in [1.54, 1.807) is 0 Å². The lowest BCUT2D eigenvalue weighted by Crippen LogP contribution is -2.23. The molecule has 1 aromatic carbocycles. The first-order chi connectivity index (χ1) is 9.74. The van der Waals surface area contributed by atoms with Gasteiger partial charge in [-0.25, -0.2) is 0 Å². The summed E-state index contributed by atoms with van der Waals surface area (Å²) in [4.78, 5) is 1.43. The van der Waals surface area contributed by atoms with E-state index in [0.29, 0.717) is 12.1 Å². The third-order valence-electron chi connectivity index (χ3n) is 3.76. The maximum Gasteiger partial charge on any atom is 0.0416 e.